The van der Waals surface area contributed by atoms with Gasteiger partial charge in [0.15, 0.2) is 0 Å². The molecule has 1 aromatic heterocycles. The van der Waals surface area contributed by atoms with E-state index in [-0.39, 0.29) is 12.1 Å². The molecule has 3 atom stereocenters. The van der Waals surface area contributed by atoms with E-state index in [4.69, 9.17) is 0 Å². The summed E-state index contributed by atoms with van der Waals surface area (Å²) in [6.45, 7) is 7.92. The van der Waals surface area contributed by atoms with Crippen molar-refractivity contribution in [2.24, 2.45) is 7.05 Å². The highest BCUT2D eigenvalue weighted by molar-refractivity contribution is 8.00. The van der Waals surface area contributed by atoms with Crippen molar-refractivity contribution in [2.75, 3.05) is 31.1 Å². The topological polar surface area (TPSA) is 53.4 Å². The van der Waals surface area contributed by atoms with Gasteiger partial charge in [-0.1, -0.05) is 13.8 Å². The third-order valence-corrected chi connectivity index (χ3v) is 5.51. The molecule has 3 heterocycles. The maximum atomic E-state index is 12.5. The maximum Gasteiger partial charge on any atom is 0.317 e. The maximum absolute atomic E-state index is 12.5. The molecule has 0 aromatic carbocycles. The highest BCUT2D eigenvalue weighted by Gasteiger charge is 2.29. The fraction of sp³-hybridized carbons (Fsp3) is 0.733. The second-order valence-electron chi connectivity index (χ2n) is 6.42. The zero-order valence-electron chi connectivity index (χ0n) is 13.5. The lowest BCUT2D eigenvalue weighted by Gasteiger charge is -2.35. The predicted octanol–water partition coefficient (Wildman–Crippen LogP) is 1.53. The first kappa shape index (κ1) is 15.5. The molecule has 0 radical (unpaired) electrons. The normalized spacial score (nSPS) is 29.0. The summed E-state index contributed by atoms with van der Waals surface area (Å²) >= 11 is 1.97. The fourth-order valence-corrected chi connectivity index (χ4v) is 4.62. The summed E-state index contributed by atoms with van der Waals surface area (Å²) in [7, 11) is 1.93. The quantitative estimate of drug-likeness (QED) is 0.897. The molecule has 0 spiro atoms. The van der Waals surface area contributed by atoms with Crippen LogP contribution in [-0.2, 0) is 7.05 Å². The van der Waals surface area contributed by atoms with E-state index >= 15 is 0 Å². The van der Waals surface area contributed by atoms with Crippen molar-refractivity contribution in [1.82, 2.24) is 20.0 Å². The number of carbonyl (C=O) groups excluding carboxylic acids is 1. The van der Waals surface area contributed by atoms with Crippen LogP contribution in [-0.4, -0.2) is 63.4 Å². The Morgan fingerprint density at radius 2 is 2.05 bits per heavy atom. The van der Waals surface area contributed by atoms with Crippen LogP contribution in [0.25, 0.3) is 0 Å². The van der Waals surface area contributed by atoms with Gasteiger partial charge in [-0.2, -0.15) is 16.9 Å². The third-order valence-electron chi connectivity index (χ3n) is 4.28. The van der Waals surface area contributed by atoms with Crippen molar-refractivity contribution in [1.29, 1.82) is 0 Å². The molecule has 2 fully saturated rings. The van der Waals surface area contributed by atoms with Gasteiger partial charge in [-0.3, -0.25) is 4.68 Å². The van der Waals surface area contributed by atoms with Crippen LogP contribution in [0.4, 0.5) is 10.5 Å². The third kappa shape index (κ3) is 3.51. The van der Waals surface area contributed by atoms with E-state index in [1.54, 1.807) is 0 Å². The van der Waals surface area contributed by atoms with Crippen molar-refractivity contribution in [3.05, 3.63) is 12.4 Å². The Labute approximate surface area is 136 Å². The molecular formula is C15H25N5OS. The van der Waals surface area contributed by atoms with E-state index in [2.05, 4.69) is 29.2 Å². The zero-order valence-corrected chi connectivity index (χ0v) is 14.3. The van der Waals surface area contributed by atoms with Crippen LogP contribution < -0.4 is 10.2 Å². The van der Waals surface area contributed by atoms with E-state index in [1.807, 2.05) is 40.8 Å². The molecule has 2 amide bonds. The number of nitrogens with zero attached hydrogens (tertiary/aromatic N) is 4. The van der Waals surface area contributed by atoms with Gasteiger partial charge in [0.2, 0.25) is 0 Å². The van der Waals surface area contributed by atoms with Crippen molar-refractivity contribution < 1.29 is 4.79 Å². The summed E-state index contributed by atoms with van der Waals surface area (Å²) in [6, 6.07) is 0.324. The van der Waals surface area contributed by atoms with Gasteiger partial charge in [-0.25, -0.2) is 4.79 Å². The molecule has 2 saturated heterocycles. The molecule has 0 unspecified atom stereocenters. The lowest BCUT2D eigenvalue weighted by atomic mass is 10.2. The SMILES string of the molecule is C[C@@H]1CN(C(=O)N[C@@H]2CCN(c3cnn(C)c3)C2)C[C@@H](C)S1. The van der Waals surface area contributed by atoms with Crippen molar-refractivity contribution in [2.45, 2.75) is 36.8 Å². The van der Waals surface area contributed by atoms with Crippen LogP contribution in [0.3, 0.4) is 0 Å². The highest BCUT2D eigenvalue weighted by Crippen LogP contribution is 2.25. The summed E-state index contributed by atoms with van der Waals surface area (Å²) in [5, 5.41) is 8.46. The summed E-state index contributed by atoms with van der Waals surface area (Å²) in [4.78, 5) is 16.7. The standard InChI is InChI=1S/C15H25N5OS/c1-11-7-20(8-12(2)22-11)15(21)17-13-4-5-19(9-13)14-6-16-18(3)10-14/h6,10-13H,4-5,7-9H2,1-3H3,(H,17,21)/t11-,12-,13-/m1/s1. The average molecular weight is 323 g/mol. The molecule has 0 aliphatic carbocycles. The van der Waals surface area contributed by atoms with Gasteiger partial charge in [-0.15, -0.1) is 0 Å². The molecule has 22 heavy (non-hydrogen) atoms. The van der Waals surface area contributed by atoms with E-state index < -0.39 is 0 Å². The molecule has 3 rings (SSSR count). The lowest BCUT2D eigenvalue weighted by Crippen LogP contribution is -2.51. The van der Waals surface area contributed by atoms with E-state index in [0.717, 1.165) is 38.3 Å². The molecule has 7 heteroatoms. The Bertz CT molecular complexity index is 524. The monoisotopic (exact) mass is 323 g/mol. The van der Waals surface area contributed by atoms with Crippen LogP contribution in [0.1, 0.15) is 20.3 Å². The van der Waals surface area contributed by atoms with Crippen LogP contribution >= 0.6 is 11.8 Å². The highest BCUT2D eigenvalue weighted by atomic mass is 32.2. The number of hydrogen-bond acceptors (Lipinski definition) is 4. The molecule has 122 valence electrons. The molecule has 1 N–H and O–H groups in total. The zero-order chi connectivity index (χ0) is 15.7. The molecular weight excluding hydrogens is 298 g/mol. The molecule has 6 nitrogen and oxygen atoms in total. The molecule has 2 aliphatic heterocycles. The average Bonchev–Trinajstić information content (AvgIpc) is 3.06. The Kier molecular flexibility index (Phi) is 4.52. The Morgan fingerprint density at radius 3 is 2.68 bits per heavy atom. The smallest absolute Gasteiger partial charge is 0.317 e. The van der Waals surface area contributed by atoms with Crippen molar-refractivity contribution >= 4 is 23.5 Å². The first-order valence-corrected chi connectivity index (χ1v) is 8.90. The fourth-order valence-electron chi connectivity index (χ4n) is 3.29. The minimum atomic E-state index is 0.0945. The minimum absolute atomic E-state index is 0.0945. The van der Waals surface area contributed by atoms with E-state index in [9.17, 15) is 4.79 Å². The van der Waals surface area contributed by atoms with E-state index in [1.165, 1.54) is 0 Å². The number of aryl methyl sites for hydroxylation is 1. The molecule has 0 saturated carbocycles. The summed E-state index contributed by atoms with van der Waals surface area (Å²) in [5.74, 6) is 0. The van der Waals surface area contributed by atoms with Gasteiger partial charge in [0.1, 0.15) is 0 Å². The second-order valence-corrected chi connectivity index (χ2v) is 8.30. The van der Waals surface area contributed by atoms with Crippen molar-refractivity contribution in [3.8, 4) is 0 Å². The number of carbonyl (C=O) groups is 1. The van der Waals surface area contributed by atoms with Crippen LogP contribution in [0.2, 0.25) is 0 Å². The number of anilines is 1. The van der Waals surface area contributed by atoms with Crippen LogP contribution in [0, 0.1) is 0 Å². The van der Waals surface area contributed by atoms with Gasteiger partial charge in [0, 0.05) is 56.0 Å². The Hall–Kier alpha value is -1.37. The number of aromatic nitrogens is 2. The first-order chi connectivity index (χ1) is 10.5. The van der Waals surface area contributed by atoms with E-state index in [0.29, 0.717) is 10.5 Å². The summed E-state index contributed by atoms with van der Waals surface area (Å²) in [6.07, 6.45) is 4.90. The predicted molar refractivity (Wildman–Crippen MR) is 90.4 cm³/mol. The summed E-state index contributed by atoms with van der Waals surface area (Å²) in [5.41, 5.74) is 1.14. The molecule has 1 aromatic rings. The molecule has 0 bridgehead atoms. The number of thioether (sulfide) groups is 1. The van der Waals surface area contributed by atoms with Gasteiger partial charge in [0.05, 0.1) is 11.9 Å². The Balaban J connectivity index is 1.52. The largest absolute Gasteiger partial charge is 0.367 e. The van der Waals surface area contributed by atoms with Crippen LogP contribution in [0.15, 0.2) is 12.4 Å². The number of amides is 2. The van der Waals surface area contributed by atoms with Gasteiger partial charge < -0.3 is 15.1 Å². The van der Waals surface area contributed by atoms with Crippen LogP contribution in [0.5, 0.6) is 0 Å². The van der Waals surface area contributed by atoms with Gasteiger partial charge >= 0.3 is 6.03 Å². The number of nitrogens with one attached hydrogen (secondary N) is 1. The van der Waals surface area contributed by atoms with Crippen molar-refractivity contribution in [3.63, 3.8) is 0 Å². The number of hydrogen-bond donors (Lipinski definition) is 1. The Morgan fingerprint density at radius 1 is 1.32 bits per heavy atom. The lowest BCUT2D eigenvalue weighted by molar-refractivity contribution is 0.193. The minimum Gasteiger partial charge on any atom is -0.367 e. The van der Waals surface area contributed by atoms with Gasteiger partial charge in [-0.05, 0) is 6.42 Å². The number of rotatable bonds is 2. The van der Waals surface area contributed by atoms with Gasteiger partial charge in [0.25, 0.3) is 0 Å². The summed E-state index contributed by atoms with van der Waals surface area (Å²) < 4.78 is 1.81. The first-order valence-electron chi connectivity index (χ1n) is 7.95. The second kappa shape index (κ2) is 6.40. The number of urea groups is 1. The molecule has 2 aliphatic rings.